The van der Waals surface area contributed by atoms with Crippen LogP contribution in [0.15, 0.2) is 17.2 Å². The zero-order valence-electron chi connectivity index (χ0n) is 20.7. The molecule has 0 aliphatic carbocycles. The minimum Gasteiger partial charge on any atom is -0.493 e. The van der Waals surface area contributed by atoms with Gasteiger partial charge in [-0.05, 0) is 18.6 Å². The fourth-order valence-corrected chi connectivity index (χ4v) is 3.71. The van der Waals surface area contributed by atoms with Gasteiger partial charge in [-0.25, -0.2) is 5.43 Å². The molecule has 0 aliphatic heterocycles. The third-order valence-electron chi connectivity index (χ3n) is 5.60. The highest BCUT2D eigenvalue weighted by Crippen LogP contribution is 2.37. The van der Waals surface area contributed by atoms with Crippen molar-refractivity contribution >= 4 is 12.1 Å². The number of nitrogens with one attached hydrogen (secondary N) is 1. The van der Waals surface area contributed by atoms with E-state index in [9.17, 15) is 4.79 Å². The number of hydrogen-bond acceptors (Lipinski definition) is 5. The van der Waals surface area contributed by atoms with Gasteiger partial charge in [0, 0.05) is 12.0 Å². The third-order valence-corrected chi connectivity index (χ3v) is 5.60. The van der Waals surface area contributed by atoms with Gasteiger partial charge >= 0.3 is 0 Å². The number of hydrazone groups is 1. The largest absolute Gasteiger partial charge is 0.493 e. The monoisotopic (exact) mass is 448 g/mol. The highest BCUT2D eigenvalue weighted by atomic mass is 16.5. The molecule has 0 saturated carbocycles. The maximum absolute atomic E-state index is 12.0. The summed E-state index contributed by atoms with van der Waals surface area (Å²) in [7, 11) is 4.69. The maximum Gasteiger partial charge on any atom is 0.240 e. The molecule has 0 unspecified atom stereocenters. The Morgan fingerprint density at radius 2 is 1.25 bits per heavy atom. The van der Waals surface area contributed by atoms with Crippen LogP contribution in [0.5, 0.6) is 17.2 Å². The Kier molecular flexibility index (Phi) is 15.9. The number of rotatable bonds is 19. The molecule has 6 heteroatoms. The van der Waals surface area contributed by atoms with Crippen molar-refractivity contribution in [3.63, 3.8) is 0 Å². The number of amides is 1. The molecular formula is C26H44N2O4. The van der Waals surface area contributed by atoms with Crippen LogP contribution >= 0.6 is 0 Å². The number of benzene rings is 1. The molecule has 0 aliphatic rings. The van der Waals surface area contributed by atoms with Crippen molar-refractivity contribution in [1.82, 2.24) is 5.43 Å². The van der Waals surface area contributed by atoms with E-state index in [1.54, 1.807) is 39.7 Å². The predicted molar refractivity (Wildman–Crippen MR) is 132 cm³/mol. The molecule has 1 N–H and O–H groups in total. The second kappa shape index (κ2) is 18.3. The third kappa shape index (κ3) is 12.0. The number of hydrogen-bond donors (Lipinski definition) is 1. The van der Waals surface area contributed by atoms with Gasteiger partial charge in [-0.1, -0.05) is 84.0 Å². The Labute approximate surface area is 195 Å². The molecule has 0 fully saturated rings. The minimum absolute atomic E-state index is 0.0586. The van der Waals surface area contributed by atoms with E-state index in [1.165, 1.54) is 70.6 Å². The Morgan fingerprint density at radius 3 is 1.69 bits per heavy atom. The Bertz CT molecular complexity index is 636. The van der Waals surface area contributed by atoms with E-state index in [-0.39, 0.29) is 5.91 Å². The second-order valence-corrected chi connectivity index (χ2v) is 8.24. The van der Waals surface area contributed by atoms with Gasteiger partial charge in [-0.2, -0.15) is 5.10 Å². The number of methoxy groups -OCH3 is 3. The first-order chi connectivity index (χ1) is 15.7. The van der Waals surface area contributed by atoms with E-state index in [2.05, 4.69) is 17.5 Å². The van der Waals surface area contributed by atoms with Crippen molar-refractivity contribution in [2.75, 3.05) is 21.3 Å². The molecule has 0 saturated heterocycles. The molecule has 0 heterocycles. The van der Waals surface area contributed by atoms with Crippen molar-refractivity contribution in [3.8, 4) is 17.2 Å². The molecule has 0 bridgehead atoms. The molecule has 32 heavy (non-hydrogen) atoms. The first kappa shape index (κ1) is 27.8. The summed E-state index contributed by atoms with van der Waals surface area (Å²) in [6.07, 6.45) is 18.9. The zero-order chi connectivity index (χ0) is 23.4. The predicted octanol–water partition coefficient (Wildman–Crippen LogP) is 6.64. The quantitative estimate of drug-likeness (QED) is 0.146. The molecular weight excluding hydrogens is 404 g/mol. The number of nitrogens with zero attached hydrogens (tertiary/aromatic N) is 1. The summed E-state index contributed by atoms with van der Waals surface area (Å²) in [6.45, 7) is 2.26. The molecule has 6 nitrogen and oxygen atoms in total. The number of ether oxygens (including phenoxy) is 3. The smallest absolute Gasteiger partial charge is 0.240 e. The van der Waals surface area contributed by atoms with E-state index in [0.717, 1.165) is 18.4 Å². The average molecular weight is 449 g/mol. The van der Waals surface area contributed by atoms with Gasteiger partial charge in [-0.3, -0.25) is 4.79 Å². The number of unbranched alkanes of at least 4 members (excludes halogenated alkanes) is 12. The fraction of sp³-hybridized carbons (Fsp3) is 0.692. The summed E-state index contributed by atoms with van der Waals surface area (Å²) in [5, 5.41) is 4.05. The highest BCUT2D eigenvalue weighted by molar-refractivity contribution is 5.84. The SMILES string of the molecule is CCCCCCCCCCCCCCCC(=O)NN=Cc1cc(OC)c(OC)c(OC)c1. The topological polar surface area (TPSA) is 69.2 Å². The summed E-state index contributed by atoms with van der Waals surface area (Å²) >= 11 is 0. The molecule has 0 radical (unpaired) electrons. The van der Waals surface area contributed by atoms with Gasteiger partial charge in [0.15, 0.2) is 11.5 Å². The van der Waals surface area contributed by atoms with E-state index in [0.29, 0.717) is 23.7 Å². The van der Waals surface area contributed by atoms with Crippen LogP contribution in [0.4, 0.5) is 0 Å². The molecule has 0 spiro atoms. The molecule has 1 aromatic rings. The summed E-state index contributed by atoms with van der Waals surface area (Å²) < 4.78 is 16.0. The first-order valence-electron chi connectivity index (χ1n) is 12.3. The van der Waals surface area contributed by atoms with Crippen LogP contribution < -0.4 is 19.6 Å². The van der Waals surface area contributed by atoms with E-state index in [4.69, 9.17) is 14.2 Å². The molecule has 182 valence electrons. The molecule has 0 aromatic heterocycles. The van der Waals surface area contributed by atoms with Crippen molar-refractivity contribution in [1.29, 1.82) is 0 Å². The van der Waals surface area contributed by atoms with Crippen LogP contribution in [0.1, 0.15) is 102 Å². The first-order valence-corrected chi connectivity index (χ1v) is 12.3. The summed E-state index contributed by atoms with van der Waals surface area (Å²) in [5.41, 5.74) is 3.35. The van der Waals surface area contributed by atoms with Crippen molar-refractivity contribution in [2.24, 2.45) is 5.10 Å². The van der Waals surface area contributed by atoms with Crippen molar-refractivity contribution in [3.05, 3.63) is 17.7 Å². The lowest BCUT2D eigenvalue weighted by atomic mass is 10.0. The molecule has 0 atom stereocenters. The summed E-state index contributed by atoms with van der Waals surface area (Å²) in [4.78, 5) is 12.0. The maximum atomic E-state index is 12.0. The van der Waals surface area contributed by atoms with E-state index in [1.807, 2.05) is 0 Å². The standard InChI is InChI=1S/C26H44N2O4/c1-5-6-7-8-9-10-11-12-13-14-15-16-17-18-25(29)28-27-21-22-19-23(30-2)26(32-4)24(20-22)31-3/h19-21H,5-18H2,1-4H3,(H,28,29). The van der Waals surface area contributed by atoms with Crippen LogP contribution in [0.3, 0.4) is 0 Å². The normalized spacial score (nSPS) is 11.0. The fourth-order valence-electron chi connectivity index (χ4n) is 3.71. The van der Waals surface area contributed by atoms with Gasteiger partial charge < -0.3 is 14.2 Å². The van der Waals surface area contributed by atoms with Crippen LogP contribution in [0.25, 0.3) is 0 Å². The Balaban J connectivity index is 2.12. The van der Waals surface area contributed by atoms with Crippen molar-refractivity contribution in [2.45, 2.75) is 96.8 Å². The van der Waals surface area contributed by atoms with Gasteiger partial charge in [-0.15, -0.1) is 0 Å². The highest BCUT2D eigenvalue weighted by Gasteiger charge is 2.12. The second-order valence-electron chi connectivity index (χ2n) is 8.24. The van der Waals surface area contributed by atoms with Crippen LogP contribution in [-0.4, -0.2) is 33.5 Å². The molecule has 1 rings (SSSR count). The van der Waals surface area contributed by atoms with Crippen LogP contribution in [0.2, 0.25) is 0 Å². The number of carbonyl (C=O) groups excluding carboxylic acids is 1. The molecule has 1 aromatic carbocycles. The van der Waals surface area contributed by atoms with Crippen LogP contribution in [-0.2, 0) is 4.79 Å². The van der Waals surface area contributed by atoms with Crippen molar-refractivity contribution < 1.29 is 19.0 Å². The Hall–Kier alpha value is -2.24. The average Bonchev–Trinajstić information content (AvgIpc) is 2.81. The van der Waals surface area contributed by atoms with Gasteiger partial charge in [0.05, 0.1) is 27.5 Å². The van der Waals surface area contributed by atoms with Crippen LogP contribution in [0, 0.1) is 0 Å². The van der Waals surface area contributed by atoms with E-state index < -0.39 is 0 Å². The minimum atomic E-state index is -0.0586. The van der Waals surface area contributed by atoms with Gasteiger partial charge in [0.1, 0.15) is 0 Å². The molecule has 1 amide bonds. The number of carbonyl (C=O) groups is 1. The van der Waals surface area contributed by atoms with Gasteiger partial charge in [0.2, 0.25) is 11.7 Å². The van der Waals surface area contributed by atoms with E-state index >= 15 is 0 Å². The lowest BCUT2D eigenvalue weighted by Crippen LogP contribution is -2.16. The summed E-state index contributed by atoms with van der Waals surface area (Å²) in [6, 6.07) is 3.56. The zero-order valence-corrected chi connectivity index (χ0v) is 20.7. The lowest BCUT2D eigenvalue weighted by molar-refractivity contribution is -0.121. The van der Waals surface area contributed by atoms with Gasteiger partial charge in [0.25, 0.3) is 0 Å². The Morgan fingerprint density at radius 1 is 0.781 bits per heavy atom. The lowest BCUT2D eigenvalue weighted by Gasteiger charge is -2.12. The summed E-state index contributed by atoms with van der Waals surface area (Å²) in [5.74, 6) is 1.56.